The molecule has 0 fully saturated rings. The molecule has 0 bridgehead atoms. The number of anilines is 1. The molecule has 1 aromatic heterocycles. The number of carbonyl (C=O) groups is 2. The van der Waals surface area contributed by atoms with E-state index in [-0.39, 0.29) is 17.9 Å². The molecule has 3 aromatic rings. The van der Waals surface area contributed by atoms with Crippen molar-refractivity contribution in [2.75, 3.05) is 11.9 Å². The summed E-state index contributed by atoms with van der Waals surface area (Å²) in [7, 11) is 0. The monoisotopic (exact) mass is 388 g/mol. The summed E-state index contributed by atoms with van der Waals surface area (Å²) in [5, 5.41) is 5.68. The predicted octanol–water partition coefficient (Wildman–Crippen LogP) is 3.00. The van der Waals surface area contributed by atoms with Crippen LogP contribution in [-0.2, 0) is 11.2 Å². The van der Waals surface area contributed by atoms with E-state index >= 15 is 0 Å². The van der Waals surface area contributed by atoms with E-state index in [4.69, 9.17) is 5.73 Å². The lowest BCUT2D eigenvalue weighted by molar-refractivity contribution is -0.120. The quantitative estimate of drug-likeness (QED) is 0.580. The van der Waals surface area contributed by atoms with E-state index in [2.05, 4.69) is 15.6 Å². The number of hydrogen-bond donors (Lipinski definition) is 3. The van der Waals surface area contributed by atoms with Gasteiger partial charge in [0.25, 0.3) is 5.91 Å². The second-order valence-electron chi connectivity index (χ2n) is 6.89. The highest BCUT2D eigenvalue weighted by Crippen LogP contribution is 2.13. The molecule has 29 heavy (non-hydrogen) atoms. The van der Waals surface area contributed by atoms with E-state index in [9.17, 15) is 9.59 Å². The lowest BCUT2D eigenvalue weighted by Crippen LogP contribution is -2.32. The molecule has 0 saturated heterocycles. The number of benzene rings is 2. The van der Waals surface area contributed by atoms with Gasteiger partial charge in [-0.05, 0) is 42.3 Å². The Bertz CT molecular complexity index is 972. The maximum atomic E-state index is 12.3. The number of rotatable bonds is 7. The smallest absolute Gasteiger partial charge is 0.255 e. The van der Waals surface area contributed by atoms with Crippen molar-refractivity contribution in [2.24, 2.45) is 5.73 Å². The zero-order chi connectivity index (χ0) is 20.6. The van der Waals surface area contributed by atoms with Gasteiger partial charge in [0, 0.05) is 36.2 Å². The van der Waals surface area contributed by atoms with Gasteiger partial charge in [-0.3, -0.25) is 14.6 Å². The summed E-state index contributed by atoms with van der Waals surface area (Å²) in [4.78, 5) is 28.4. The van der Waals surface area contributed by atoms with Crippen molar-refractivity contribution >= 4 is 17.5 Å². The SMILES string of the molecule is Cc1cccc(CC(=O)NCC(N)c2ccc(C(=O)Nc3ccncc3)cc2)c1. The molecule has 6 heteroatoms. The summed E-state index contributed by atoms with van der Waals surface area (Å²) in [5.41, 5.74) is 10.3. The van der Waals surface area contributed by atoms with E-state index in [1.165, 1.54) is 0 Å². The van der Waals surface area contributed by atoms with E-state index in [1.807, 2.05) is 31.2 Å². The van der Waals surface area contributed by atoms with E-state index < -0.39 is 0 Å². The maximum Gasteiger partial charge on any atom is 0.255 e. The van der Waals surface area contributed by atoms with Gasteiger partial charge in [-0.25, -0.2) is 0 Å². The standard InChI is InChI=1S/C23H24N4O2/c1-16-3-2-4-17(13-16)14-22(28)26-15-21(24)18-5-7-19(8-6-18)23(29)27-20-9-11-25-12-10-20/h2-13,21H,14-15,24H2,1H3,(H,26,28)(H,25,27,29). The second-order valence-corrected chi connectivity index (χ2v) is 6.89. The first-order valence-corrected chi connectivity index (χ1v) is 9.40. The number of aromatic nitrogens is 1. The fraction of sp³-hybridized carbons (Fsp3) is 0.174. The van der Waals surface area contributed by atoms with Crippen LogP contribution in [0.2, 0.25) is 0 Å². The molecule has 0 radical (unpaired) electrons. The molecular weight excluding hydrogens is 364 g/mol. The molecule has 6 nitrogen and oxygen atoms in total. The van der Waals surface area contributed by atoms with Gasteiger partial charge >= 0.3 is 0 Å². The molecular formula is C23H24N4O2. The maximum absolute atomic E-state index is 12.3. The third kappa shape index (κ3) is 5.99. The first-order chi connectivity index (χ1) is 14.0. The minimum atomic E-state index is -0.353. The molecule has 0 aliphatic rings. The average Bonchev–Trinajstić information content (AvgIpc) is 2.73. The minimum absolute atomic E-state index is 0.0700. The number of nitrogens with zero attached hydrogens (tertiary/aromatic N) is 1. The Morgan fingerprint density at radius 3 is 2.45 bits per heavy atom. The Morgan fingerprint density at radius 2 is 1.76 bits per heavy atom. The molecule has 0 spiro atoms. The highest BCUT2D eigenvalue weighted by molar-refractivity contribution is 6.04. The van der Waals surface area contributed by atoms with Crippen molar-refractivity contribution in [3.63, 3.8) is 0 Å². The summed E-state index contributed by atoms with van der Waals surface area (Å²) < 4.78 is 0. The van der Waals surface area contributed by atoms with Gasteiger partial charge < -0.3 is 16.4 Å². The highest BCUT2D eigenvalue weighted by atomic mass is 16.2. The summed E-state index contributed by atoms with van der Waals surface area (Å²) >= 11 is 0. The van der Waals surface area contributed by atoms with Gasteiger partial charge in [-0.15, -0.1) is 0 Å². The van der Waals surface area contributed by atoms with Crippen molar-refractivity contribution in [1.82, 2.24) is 10.3 Å². The van der Waals surface area contributed by atoms with Crippen LogP contribution in [0.3, 0.4) is 0 Å². The van der Waals surface area contributed by atoms with Crippen LogP contribution in [0, 0.1) is 6.92 Å². The average molecular weight is 388 g/mol. The van der Waals surface area contributed by atoms with Crippen LogP contribution in [0.15, 0.2) is 73.1 Å². The summed E-state index contributed by atoms with van der Waals surface area (Å²) in [5.74, 6) is -0.276. The molecule has 0 aliphatic heterocycles. The molecule has 3 rings (SSSR count). The van der Waals surface area contributed by atoms with Crippen LogP contribution in [0.5, 0.6) is 0 Å². The van der Waals surface area contributed by atoms with Gasteiger partial charge in [0.05, 0.1) is 6.42 Å². The Labute approximate surface area is 170 Å². The van der Waals surface area contributed by atoms with Crippen LogP contribution in [0.25, 0.3) is 0 Å². The van der Waals surface area contributed by atoms with E-state index in [0.717, 1.165) is 16.7 Å². The lowest BCUT2D eigenvalue weighted by Gasteiger charge is -2.14. The molecule has 4 N–H and O–H groups in total. The van der Waals surface area contributed by atoms with Crippen molar-refractivity contribution in [3.05, 3.63) is 95.3 Å². The number of hydrogen-bond acceptors (Lipinski definition) is 4. The number of nitrogens with two attached hydrogens (primary N) is 1. The van der Waals surface area contributed by atoms with E-state index in [1.54, 1.807) is 48.8 Å². The van der Waals surface area contributed by atoms with Crippen LogP contribution < -0.4 is 16.4 Å². The summed E-state index contributed by atoms with van der Waals surface area (Å²) in [6.07, 6.45) is 3.55. The second kappa shape index (κ2) is 9.61. The molecule has 1 atom stereocenters. The van der Waals surface area contributed by atoms with Crippen molar-refractivity contribution in [1.29, 1.82) is 0 Å². The topological polar surface area (TPSA) is 97.1 Å². The lowest BCUT2D eigenvalue weighted by atomic mass is 10.0. The number of pyridine rings is 1. The fourth-order valence-corrected chi connectivity index (χ4v) is 2.93. The van der Waals surface area contributed by atoms with Crippen LogP contribution >= 0.6 is 0 Å². The van der Waals surface area contributed by atoms with Crippen LogP contribution in [-0.4, -0.2) is 23.3 Å². The third-order valence-corrected chi connectivity index (χ3v) is 4.51. The van der Waals surface area contributed by atoms with Gasteiger partial charge in [-0.1, -0.05) is 42.0 Å². The molecule has 2 aromatic carbocycles. The van der Waals surface area contributed by atoms with Crippen LogP contribution in [0.4, 0.5) is 5.69 Å². The van der Waals surface area contributed by atoms with Crippen molar-refractivity contribution in [3.8, 4) is 0 Å². The predicted molar refractivity (Wildman–Crippen MR) is 113 cm³/mol. The van der Waals surface area contributed by atoms with Crippen molar-refractivity contribution in [2.45, 2.75) is 19.4 Å². The summed E-state index contributed by atoms with van der Waals surface area (Å²) in [6.45, 7) is 2.32. The Kier molecular flexibility index (Phi) is 6.71. The number of nitrogens with one attached hydrogen (secondary N) is 2. The van der Waals surface area contributed by atoms with Crippen LogP contribution in [0.1, 0.15) is 33.1 Å². The molecule has 2 amide bonds. The number of aryl methyl sites for hydroxylation is 1. The largest absolute Gasteiger partial charge is 0.354 e. The molecule has 0 aliphatic carbocycles. The van der Waals surface area contributed by atoms with Gasteiger partial charge in [0.15, 0.2) is 0 Å². The Hall–Kier alpha value is -3.51. The molecule has 1 heterocycles. The molecule has 0 saturated carbocycles. The zero-order valence-electron chi connectivity index (χ0n) is 16.3. The van der Waals surface area contributed by atoms with Crippen molar-refractivity contribution < 1.29 is 9.59 Å². The van der Waals surface area contributed by atoms with Gasteiger partial charge in [0.1, 0.15) is 0 Å². The fourth-order valence-electron chi connectivity index (χ4n) is 2.93. The van der Waals surface area contributed by atoms with E-state index in [0.29, 0.717) is 24.2 Å². The first kappa shape index (κ1) is 20.2. The van der Waals surface area contributed by atoms with Gasteiger partial charge in [-0.2, -0.15) is 0 Å². The Morgan fingerprint density at radius 1 is 1.03 bits per heavy atom. The highest BCUT2D eigenvalue weighted by Gasteiger charge is 2.11. The van der Waals surface area contributed by atoms with Gasteiger partial charge in [0.2, 0.25) is 5.91 Å². The Balaban J connectivity index is 1.51. The molecule has 148 valence electrons. The summed E-state index contributed by atoms with van der Waals surface area (Å²) in [6, 6.07) is 18.0. The third-order valence-electron chi connectivity index (χ3n) is 4.51. The zero-order valence-corrected chi connectivity index (χ0v) is 16.3. The normalized spacial score (nSPS) is 11.5. The first-order valence-electron chi connectivity index (χ1n) is 9.40. The molecule has 1 unspecified atom stereocenters. The number of amides is 2. The minimum Gasteiger partial charge on any atom is -0.354 e. The number of carbonyl (C=O) groups excluding carboxylic acids is 2.